The monoisotopic (exact) mass is 375 g/mol. The van der Waals surface area contributed by atoms with E-state index in [1.165, 1.54) is 24.3 Å². The Balaban J connectivity index is 1.78. The number of sulfonamides is 1. The fourth-order valence-corrected chi connectivity index (χ4v) is 3.02. The van der Waals surface area contributed by atoms with Gasteiger partial charge >= 0.3 is 0 Å². The Morgan fingerprint density at radius 2 is 1.80 bits per heavy atom. The highest BCUT2D eigenvalue weighted by Gasteiger charge is 2.14. The van der Waals surface area contributed by atoms with Crippen molar-refractivity contribution in [1.82, 2.24) is 9.99 Å². The second-order valence-corrected chi connectivity index (χ2v) is 7.29. The smallest absolute Gasteiger partial charge is 0.276 e. The minimum atomic E-state index is -3.78. The SMILES string of the molecule is CC(=NNS(=O)(=O)c1ccc(Cl)cc1)c1cc(-c2ccccc2)no1. The Kier molecular flexibility index (Phi) is 4.87. The molecule has 8 heteroatoms. The summed E-state index contributed by atoms with van der Waals surface area (Å²) in [6, 6.07) is 17.0. The van der Waals surface area contributed by atoms with Crippen LogP contribution in [0.1, 0.15) is 12.7 Å². The Bertz CT molecular complexity index is 997. The van der Waals surface area contributed by atoms with Gasteiger partial charge in [-0.25, -0.2) is 0 Å². The van der Waals surface area contributed by atoms with Gasteiger partial charge in [-0.05, 0) is 31.2 Å². The van der Waals surface area contributed by atoms with Gasteiger partial charge in [-0.3, -0.25) is 0 Å². The third-order valence-electron chi connectivity index (χ3n) is 3.39. The minimum Gasteiger partial charge on any atom is -0.354 e. The zero-order valence-corrected chi connectivity index (χ0v) is 14.8. The van der Waals surface area contributed by atoms with Crippen molar-refractivity contribution < 1.29 is 12.9 Å². The summed E-state index contributed by atoms with van der Waals surface area (Å²) in [4.78, 5) is 2.24. The lowest BCUT2D eigenvalue weighted by molar-refractivity contribution is 0.415. The molecule has 0 saturated heterocycles. The quantitative estimate of drug-likeness (QED) is 0.544. The average molecular weight is 376 g/mol. The molecule has 128 valence electrons. The van der Waals surface area contributed by atoms with Crippen LogP contribution in [0.25, 0.3) is 11.3 Å². The number of hydrogen-bond acceptors (Lipinski definition) is 5. The third-order valence-corrected chi connectivity index (χ3v) is 4.87. The molecule has 0 radical (unpaired) electrons. The van der Waals surface area contributed by atoms with E-state index in [2.05, 4.69) is 15.1 Å². The highest BCUT2D eigenvalue weighted by molar-refractivity contribution is 7.89. The summed E-state index contributed by atoms with van der Waals surface area (Å²) in [5.74, 6) is 0.373. The number of aromatic nitrogens is 1. The van der Waals surface area contributed by atoms with Crippen molar-refractivity contribution in [2.75, 3.05) is 0 Å². The van der Waals surface area contributed by atoms with Crippen molar-refractivity contribution in [1.29, 1.82) is 0 Å². The number of hydrazone groups is 1. The van der Waals surface area contributed by atoms with Crippen LogP contribution in [0, 0.1) is 0 Å². The molecular formula is C17H14ClN3O3S. The van der Waals surface area contributed by atoms with Crippen LogP contribution in [-0.4, -0.2) is 19.3 Å². The molecule has 1 aromatic heterocycles. The first-order chi connectivity index (χ1) is 12.0. The van der Waals surface area contributed by atoms with Crippen LogP contribution < -0.4 is 4.83 Å². The van der Waals surface area contributed by atoms with E-state index in [-0.39, 0.29) is 4.90 Å². The van der Waals surface area contributed by atoms with Crippen LogP contribution in [0.5, 0.6) is 0 Å². The van der Waals surface area contributed by atoms with Crippen LogP contribution in [0.15, 0.2) is 75.2 Å². The van der Waals surface area contributed by atoms with Gasteiger partial charge in [0.2, 0.25) is 0 Å². The van der Waals surface area contributed by atoms with Gasteiger partial charge in [-0.1, -0.05) is 47.1 Å². The maximum Gasteiger partial charge on any atom is 0.276 e. The van der Waals surface area contributed by atoms with E-state index in [0.717, 1.165) is 5.56 Å². The lowest BCUT2D eigenvalue weighted by Gasteiger charge is -2.04. The largest absolute Gasteiger partial charge is 0.354 e. The molecule has 0 aliphatic heterocycles. The first-order valence-corrected chi connectivity index (χ1v) is 9.16. The summed E-state index contributed by atoms with van der Waals surface area (Å²) in [7, 11) is -3.78. The standard InChI is InChI=1S/C17H14ClN3O3S/c1-12(17-11-16(20-24-17)13-5-3-2-4-6-13)19-21-25(22,23)15-9-7-14(18)8-10-15/h2-11,21H,1H3. The second-order valence-electron chi connectivity index (χ2n) is 5.19. The highest BCUT2D eigenvalue weighted by atomic mass is 35.5. The Morgan fingerprint density at radius 3 is 2.48 bits per heavy atom. The van der Waals surface area contributed by atoms with E-state index in [1.54, 1.807) is 13.0 Å². The molecule has 0 atom stereocenters. The van der Waals surface area contributed by atoms with E-state index in [1.807, 2.05) is 30.3 Å². The Morgan fingerprint density at radius 1 is 1.12 bits per heavy atom. The third kappa shape index (κ3) is 4.07. The topological polar surface area (TPSA) is 84.6 Å². The van der Waals surface area contributed by atoms with Crippen LogP contribution in [0.4, 0.5) is 0 Å². The molecule has 0 amide bonds. The zero-order chi connectivity index (χ0) is 17.9. The van der Waals surface area contributed by atoms with E-state index >= 15 is 0 Å². The molecule has 25 heavy (non-hydrogen) atoms. The predicted octanol–water partition coefficient (Wildman–Crippen LogP) is 3.70. The van der Waals surface area contributed by atoms with Crippen LogP contribution >= 0.6 is 11.6 Å². The maximum absolute atomic E-state index is 12.2. The van der Waals surface area contributed by atoms with Crippen molar-refractivity contribution >= 4 is 27.3 Å². The number of halogens is 1. The normalized spacial score (nSPS) is 12.2. The van der Waals surface area contributed by atoms with Gasteiger partial charge in [-0.15, -0.1) is 0 Å². The van der Waals surface area contributed by atoms with E-state index < -0.39 is 10.0 Å². The fraction of sp³-hybridized carbons (Fsp3) is 0.0588. The average Bonchev–Trinajstić information content (AvgIpc) is 3.11. The molecule has 0 unspecified atom stereocenters. The first kappa shape index (κ1) is 17.2. The van der Waals surface area contributed by atoms with Crippen molar-refractivity contribution in [3.8, 4) is 11.3 Å². The summed E-state index contributed by atoms with van der Waals surface area (Å²) < 4.78 is 29.6. The van der Waals surface area contributed by atoms with Gasteiger partial charge in [0.05, 0.1) is 4.90 Å². The molecule has 1 N–H and O–H groups in total. The predicted molar refractivity (Wildman–Crippen MR) is 95.9 cm³/mol. The molecule has 0 bridgehead atoms. The van der Waals surface area contributed by atoms with Gasteiger partial charge in [0.1, 0.15) is 11.4 Å². The number of nitrogens with zero attached hydrogens (tertiary/aromatic N) is 2. The van der Waals surface area contributed by atoms with Crippen molar-refractivity contribution in [3.05, 3.63) is 71.4 Å². The van der Waals surface area contributed by atoms with E-state index in [4.69, 9.17) is 16.1 Å². The molecule has 0 aliphatic carbocycles. The van der Waals surface area contributed by atoms with Crippen molar-refractivity contribution in [2.24, 2.45) is 5.10 Å². The first-order valence-electron chi connectivity index (χ1n) is 7.30. The molecule has 1 heterocycles. The number of nitrogens with one attached hydrogen (secondary N) is 1. The molecule has 0 aliphatic rings. The van der Waals surface area contributed by atoms with Gasteiger partial charge in [0, 0.05) is 16.7 Å². The van der Waals surface area contributed by atoms with Gasteiger partial charge in [-0.2, -0.15) is 18.4 Å². The van der Waals surface area contributed by atoms with Crippen molar-refractivity contribution in [2.45, 2.75) is 11.8 Å². The van der Waals surface area contributed by atoms with Crippen LogP contribution in [0.3, 0.4) is 0 Å². The summed E-state index contributed by atoms with van der Waals surface area (Å²) in [6.45, 7) is 1.62. The van der Waals surface area contributed by atoms with Crippen molar-refractivity contribution in [3.63, 3.8) is 0 Å². The van der Waals surface area contributed by atoms with E-state index in [0.29, 0.717) is 22.2 Å². The fourth-order valence-electron chi connectivity index (χ4n) is 2.04. The highest BCUT2D eigenvalue weighted by Crippen LogP contribution is 2.19. The maximum atomic E-state index is 12.2. The second kappa shape index (κ2) is 7.08. The molecule has 3 rings (SSSR count). The molecular weight excluding hydrogens is 362 g/mol. The molecule has 0 fully saturated rings. The molecule has 3 aromatic rings. The van der Waals surface area contributed by atoms with Crippen LogP contribution in [-0.2, 0) is 10.0 Å². The van der Waals surface area contributed by atoms with Gasteiger partial charge in [0.25, 0.3) is 10.0 Å². The lowest BCUT2D eigenvalue weighted by atomic mass is 10.1. The molecule has 0 spiro atoms. The minimum absolute atomic E-state index is 0.0657. The molecule has 6 nitrogen and oxygen atoms in total. The number of benzene rings is 2. The zero-order valence-electron chi connectivity index (χ0n) is 13.2. The van der Waals surface area contributed by atoms with Gasteiger partial charge in [0.15, 0.2) is 5.76 Å². The Labute approximate surface area is 150 Å². The summed E-state index contributed by atoms with van der Waals surface area (Å²) >= 11 is 5.76. The summed E-state index contributed by atoms with van der Waals surface area (Å²) in [6.07, 6.45) is 0. The van der Waals surface area contributed by atoms with Crippen LogP contribution in [0.2, 0.25) is 5.02 Å². The van der Waals surface area contributed by atoms with E-state index in [9.17, 15) is 8.42 Å². The molecule has 2 aromatic carbocycles. The van der Waals surface area contributed by atoms with Gasteiger partial charge < -0.3 is 4.52 Å². The number of rotatable bonds is 5. The number of hydrogen-bond donors (Lipinski definition) is 1. The summed E-state index contributed by atoms with van der Waals surface area (Å²) in [5, 5.41) is 8.31. The summed E-state index contributed by atoms with van der Waals surface area (Å²) in [5.41, 5.74) is 1.89. The Hall–Kier alpha value is -2.64. The lowest BCUT2D eigenvalue weighted by Crippen LogP contribution is -2.19. The molecule has 0 saturated carbocycles.